The second-order valence-electron chi connectivity index (χ2n) is 3.52. The number of rotatable bonds is 5. The lowest BCUT2D eigenvalue weighted by Crippen LogP contribution is -2.39. The van der Waals surface area contributed by atoms with Crippen LogP contribution in [0.3, 0.4) is 0 Å². The van der Waals surface area contributed by atoms with E-state index in [1.54, 1.807) is 0 Å². The van der Waals surface area contributed by atoms with E-state index in [9.17, 15) is 13.2 Å². The minimum Gasteiger partial charge on any atom is -0.453 e. The molecule has 0 aromatic rings. The second kappa shape index (κ2) is 4.80. The van der Waals surface area contributed by atoms with Gasteiger partial charge in [-0.15, -0.1) is 0 Å². The Hall–Kier alpha value is -0.820. The molecule has 1 N–H and O–H groups in total. The van der Waals surface area contributed by atoms with E-state index in [0.29, 0.717) is 6.54 Å². The van der Waals surface area contributed by atoms with E-state index in [2.05, 4.69) is 10.1 Å². The Balaban J connectivity index is 2.36. The van der Waals surface area contributed by atoms with Gasteiger partial charge in [-0.2, -0.15) is 4.31 Å². The fourth-order valence-corrected chi connectivity index (χ4v) is 2.50. The lowest BCUT2D eigenvalue weighted by molar-refractivity contribution is 0.170. The number of hydrogen-bond acceptors (Lipinski definition) is 4. The largest absolute Gasteiger partial charge is 0.453 e. The van der Waals surface area contributed by atoms with Crippen LogP contribution in [0.4, 0.5) is 4.79 Å². The average Bonchev–Trinajstić information content (AvgIpc) is 2.93. The molecule has 0 unspecified atom stereocenters. The molecule has 1 fully saturated rings. The summed E-state index contributed by atoms with van der Waals surface area (Å²) in [6, 6.07) is 0.124. The highest BCUT2D eigenvalue weighted by Crippen LogP contribution is 2.28. The summed E-state index contributed by atoms with van der Waals surface area (Å²) < 4.78 is 28.5. The molecule has 0 aliphatic heterocycles. The molecule has 7 heteroatoms. The fraction of sp³-hybridized carbons (Fsp3) is 0.875. The number of carbonyl (C=O) groups excluding carboxylic acids is 1. The summed E-state index contributed by atoms with van der Waals surface area (Å²) in [6.07, 6.45) is 2.46. The van der Waals surface area contributed by atoms with Crippen LogP contribution in [-0.2, 0) is 14.8 Å². The molecule has 0 saturated heterocycles. The zero-order valence-corrected chi connectivity index (χ0v) is 9.71. The lowest BCUT2D eigenvalue weighted by Gasteiger charge is -2.19. The summed E-state index contributed by atoms with van der Waals surface area (Å²) in [4.78, 5) is 10.7. The third-order valence-electron chi connectivity index (χ3n) is 2.17. The third-order valence-corrected chi connectivity index (χ3v) is 3.50. The van der Waals surface area contributed by atoms with E-state index in [-0.39, 0.29) is 12.6 Å². The Labute approximate surface area is 89.6 Å². The highest BCUT2D eigenvalue weighted by Gasteiger charge is 2.34. The highest BCUT2D eigenvalue weighted by atomic mass is 32.2. The number of ether oxygens (including phenoxy) is 1. The molecule has 0 aromatic carbocycles. The van der Waals surface area contributed by atoms with Crippen LogP contribution in [0.5, 0.6) is 0 Å². The number of nitrogens with zero attached hydrogens (tertiary/aromatic N) is 1. The van der Waals surface area contributed by atoms with Crippen LogP contribution in [0.25, 0.3) is 0 Å². The van der Waals surface area contributed by atoms with Crippen molar-refractivity contribution in [3.8, 4) is 0 Å². The Bertz CT molecular complexity index is 324. The van der Waals surface area contributed by atoms with Crippen molar-refractivity contribution >= 4 is 16.1 Å². The van der Waals surface area contributed by atoms with Gasteiger partial charge in [0.25, 0.3) is 0 Å². The van der Waals surface area contributed by atoms with Crippen molar-refractivity contribution in [1.82, 2.24) is 9.62 Å². The monoisotopic (exact) mass is 236 g/mol. The van der Waals surface area contributed by atoms with Crippen molar-refractivity contribution in [1.29, 1.82) is 0 Å². The zero-order chi connectivity index (χ0) is 11.5. The van der Waals surface area contributed by atoms with Gasteiger partial charge in [-0.1, -0.05) is 0 Å². The van der Waals surface area contributed by atoms with Crippen molar-refractivity contribution in [2.24, 2.45) is 0 Å². The maximum Gasteiger partial charge on any atom is 0.406 e. The molecule has 1 aliphatic rings. The van der Waals surface area contributed by atoms with Crippen molar-refractivity contribution in [2.75, 3.05) is 26.5 Å². The van der Waals surface area contributed by atoms with Gasteiger partial charge < -0.3 is 10.1 Å². The quantitative estimate of drug-likeness (QED) is 0.715. The molecule has 0 aromatic heterocycles. The van der Waals surface area contributed by atoms with Gasteiger partial charge in [0.1, 0.15) is 0 Å². The van der Waals surface area contributed by atoms with Crippen LogP contribution in [0.1, 0.15) is 12.8 Å². The molecule has 0 radical (unpaired) electrons. The van der Waals surface area contributed by atoms with Crippen LogP contribution in [-0.4, -0.2) is 51.3 Å². The average molecular weight is 236 g/mol. The Kier molecular flexibility index (Phi) is 3.92. The standard InChI is InChI=1S/C8H16N2O4S/c1-14-8(11)9-5-6-10(7-3-4-7)15(2,12)13/h7H,3-6H2,1-2H3,(H,9,11). The minimum atomic E-state index is -3.17. The van der Waals surface area contributed by atoms with Crippen molar-refractivity contribution in [3.63, 3.8) is 0 Å². The summed E-state index contributed by atoms with van der Waals surface area (Å²) >= 11 is 0. The topological polar surface area (TPSA) is 75.7 Å². The fourth-order valence-electron chi connectivity index (χ4n) is 1.32. The normalized spacial score (nSPS) is 16.5. The van der Waals surface area contributed by atoms with Crippen LogP contribution < -0.4 is 5.32 Å². The van der Waals surface area contributed by atoms with E-state index in [1.165, 1.54) is 17.7 Å². The van der Waals surface area contributed by atoms with Gasteiger partial charge in [-0.25, -0.2) is 13.2 Å². The summed E-state index contributed by atoms with van der Waals surface area (Å²) in [5.41, 5.74) is 0. The maximum atomic E-state index is 11.3. The van der Waals surface area contributed by atoms with Crippen LogP contribution in [0.15, 0.2) is 0 Å². The minimum absolute atomic E-state index is 0.124. The maximum absolute atomic E-state index is 11.3. The van der Waals surface area contributed by atoms with Gasteiger partial charge in [0.05, 0.1) is 13.4 Å². The molecule has 0 spiro atoms. The number of amides is 1. The van der Waals surface area contributed by atoms with E-state index in [0.717, 1.165) is 12.8 Å². The Morgan fingerprint density at radius 1 is 1.53 bits per heavy atom. The lowest BCUT2D eigenvalue weighted by atomic mass is 10.5. The number of nitrogens with one attached hydrogen (secondary N) is 1. The third kappa shape index (κ3) is 4.05. The van der Waals surface area contributed by atoms with Crippen LogP contribution >= 0.6 is 0 Å². The number of carbonyl (C=O) groups is 1. The summed E-state index contributed by atoms with van der Waals surface area (Å²) in [7, 11) is -1.90. The van der Waals surface area contributed by atoms with E-state index >= 15 is 0 Å². The first-order chi connectivity index (χ1) is 6.95. The molecule has 0 heterocycles. The number of alkyl carbamates (subject to hydrolysis) is 1. The first-order valence-corrected chi connectivity index (χ1v) is 6.58. The molecule has 0 bridgehead atoms. The Morgan fingerprint density at radius 2 is 2.13 bits per heavy atom. The van der Waals surface area contributed by atoms with Gasteiger partial charge in [-0.3, -0.25) is 0 Å². The SMILES string of the molecule is COC(=O)NCCN(C1CC1)S(C)(=O)=O. The van der Waals surface area contributed by atoms with E-state index < -0.39 is 16.1 Å². The van der Waals surface area contributed by atoms with E-state index in [1.807, 2.05) is 0 Å². The molecule has 0 atom stereocenters. The molecular weight excluding hydrogens is 220 g/mol. The van der Waals surface area contributed by atoms with Gasteiger partial charge in [0.15, 0.2) is 0 Å². The molecule has 88 valence electrons. The number of sulfonamides is 1. The van der Waals surface area contributed by atoms with Crippen molar-refractivity contribution in [2.45, 2.75) is 18.9 Å². The molecule has 6 nitrogen and oxygen atoms in total. The van der Waals surface area contributed by atoms with Crippen molar-refractivity contribution in [3.05, 3.63) is 0 Å². The number of hydrogen-bond donors (Lipinski definition) is 1. The smallest absolute Gasteiger partial charge is 0.406 e. The van der Waals surface area contributed by atoms with Gasteiger partial charge >= 0.3 is 6.09 Å². The van der Waals surface area contributed by atoms with Gasteiger partial charge in [0, 0.05) is 19.1 Å². The van der Waals surface area contributed by atoms with Gasteiger partial charge in [-0.05, 0) is 12.8 Å². The Morgan fingerprint density at radius 3 is 2.53 bits per heavy atom. The molecule has 1 amide bonds. The number of methoxy groups -OCH3 is 1. The first-order valence-electron chi connectivity index (χ1n) is 4.74. The molecule has 1 aliphatic carbocycles. The van der Waals surface area contributed by atoms with Crippen LogP contribution in [0.2, 0.25) is 0 Å². The predicted octanol–water partition coefficient (Wildman–Crippen LogP) is -0.234. The highest BCUT2D eigenvalue weighted by molar-refractivity contribution is 7.88. The summed E-state index contributed by atoms with van der Waals surface area (Å²) in [5, 5.41) is 2.45. The van der Waals surface area contributed by atoms with Gasteiger partial charge in [0.2, 0.25) is 10.0 Å². The predicted molar refractivity (Wildman–Crippen MR) is 55.0 cm³/mol. The molecule has 1 rings (SSSR count). The van der Waals surface area contributed by atoms with E-state index in [4.69, 9.17) is 0 Å². The second-order valence-corrected chi connectivity index (χ2v) is 5.46. The van der Waals surface area contributed by atoms with Crippen LogP contribution in [0, 0.1) is 0 Å². The molecule has 1 saturated carbocycles. The zero-order valence-electron chi connectivity index (χ0n) is 8.89. The summed E-state index contributed by atoms with van der Waals surface area (Å²) in [6.45, 7) is 0.578. The summed E-state index contributed by atoms with van der Waals surface area (Å²) in [5.74, 6) is 0. The molecule has 15 heavy (non-hydrogen) atoms. The molecular formula is C8H16N2O4S. The first kappa shape index (κ1) is 12.3. The van der Waals surface area contributed by atoms with Crippen molar-refractivity contribution < 1.29 is 17.9 Å².